The quantitative estimate of drug-likeness (QED) is 0.819. The van der Waals surface area contributed by atoms with Crippen LogP contribution in [0, 0.1) is 6.92 Å². The molecule has 1 saturated heterocycles. The number of carboxylic acid groups (broad SMARTS) is 1. The largest absolute Gasteiger partial charge is 0.477 e. The summed E-state index contributed by atoms with van der Waals surface area (Å²) < 4.78 is 49.7. The van der Waals surface area contributed by atoms with Gasteiger partial charge in [0, 0.05) is 10.9 Å². The van der Waals surface area contributed by atoms with Crippen molar-refractivity contribution < 1.29 is 26.7 Å². The van der Waals surface area contributed by atoms with E-state index in [-0.39, 0.29) is 34.1 Å². The number of thiophene rings is 1. The van der Waals surface area contributed by atoms with Crippen molar-refractivity contribution in [3.05, 3.63) is 15.8 Å². The van der Waals surface area contributed by atoms with E-state index in [0.717, 1.165) is 17.4 Å². The van der Waals surface area contributed by atoms with Gasteiger partial charge in [0.15, 0.2) is 0 Å². The molecule has 1 aromatic rings. The van der Waals surface area contributed by atoms with Gasteiger partial charge in [-0.25, -0.2) is 26.4 Å². The number of rotatable bonds is 4. The van der Waals surface area contributed by atoms with E-state index in [1.807, 2.05) is 0 Å². The van der Waals surface area contributed by atoms with Crippen molar-refractivity contribution in [1.29, 1.82) is 0 Å². The normalized spacial score (nSPS) is 19.5. The van der Waals surface area contributed by atoms with Crippen molar-refractivity contribution >= 4 is 37.2 Å². The van der Waals surface area contributed by atoms with Crippen molar-refractivity contribution in [2.75, 3.05) is 11.5 Å². The van der Waals surface area contributed by atoms with Gasteiger partial charge in [0.05, 0.1) is 16.4 Å². The summed E-state index contributed by atoms with van der Waals surface area (Å²) >= 11 is 0.897. The van der Waals surface area contributed by atoms with Crippen LogP contribution in [0.1, 0.15) is 27.4 Å². The smallest absolute Gasteiger partial charge is 0.345 e. The van der Waals surface area contributed by atoms with Crippen molar-refractivity contribution in [2.45, 2.75) is 30.7 Å². The average Bonchev–Trinajstić information content (AvgIpc) is 2.75. The lowest BCUT2D eigenvalue weighted by atomic mass is 10.2. The number of hydrogen-bond donors (Lipinski definition) is 2. The van der Waals surface area contributed by atoms with E-state index in [1.54, 1.807) is 0 Å². The monoisotopic (exact) mass is 353 g/mol. The van der Waals surface area contributed by atoms with E-state index in [9.17, 15) is 21.6 Å². The van der Waals surface area contributed by atoms with Gasteiger partial charge in [-0.2, -0.15) is 0 Å². The van der Waals surface area contributed by atoms with Gasteiger partial charge in [-0.1, -0.05) is 0 Å². The number of hydrogen-bond acceptors (Lipinski definition) is 6. The molecule has 2 N–H and O–H groups in total. The summed E-state index contributed by atoms with van der Waals surface area (Å²) in [4.78, 5) is 11.2. The second-order valence-corrected chi connectivity index (χ2v) is 10.1. The number of sulfone groups is 1. The maximum atomic E-state index is 12.3. The first-order valence-corrected chi connectivity index (χ1v) is 10.3. The molecule has 7 nitrogen and oxygen atoms in total. The highest BCUT2D eigenvalue weighted by molar-refractivity contribution is 7.91. The minimum absolute atomic E-state index is 0.0385. The van der Waals surface area contributed by atoms with Crippen LogP contribution in [0.15, 0.2) is 11.0 Å². The Kier molecular flexibility index (Phi) is 4.43. The molecule has 0 unspecified atom stereocenters. The zero-order chi connectivity index (χ0) is 15.8. The second-order valence-electron chi connectivity index (χ2n) is 4.88. The van der Waals surface area contributed by atoms with Crippen molar-refractivity contribution in [1.82, 2.24) is 4.72 Å². The first-order valence-electron chi connectivity index (χ1n) is 6.17. The summed E-state index contributed by atoms with van der Waals surface area (Å²) in [6, 6.07) is 0.690. The van der Waals surface area contributed by atoms with E-state index < -0.39 is 31.9 Å². The van der Waals surface area contributed by atoms with Crippen LogP contribution >= 0.6 is 11.3 Å². The molecule has 0 aliphatic carbocycles. The molecule has 2 heterocycles. The SMILES string of the molecule is Cc1sc(C(=O)O)cc1S(=O)(=O)NC1CCS(=O)(=O)CC1. The number of carboxylic acids is 1. The maximum Gasteiger partial charge on any atom is 0.345 e. The molecule has 0 saturated carbocycles. The summed E-state index contributed by atoms with van der Waals surface area (Å²) in [6.07, 6.45) is 0.465. The minimum Gasteiger partial charge on any atom is -0.477 e. The van der Waals surface area contributed by atoms with Gasteiger partial charge < -0.3 is 5.11 Å². The summed E-state index contributed by atoms with van der Waals surface area (Å²) in [5, 5.41) is 8.90. The van der Waals surface area contributed by atoms with Crippen LogP contribution in [-0.2, 0) is 19.9 Å². The Morgan fingerprint density at radius 3 is 2.43 bits per heavy atom. The highest BCUT2D eigenvalue weighted by atomic mass is 32.2. The van der Waals surface area contributed by atoms with Gasteiger partial charge in [-0.05, 0) is 25.8 Å². The molecule has 0 bridgehead atoms. The summed E-state index contributed by atoms with van der Waals surface area (Å²) in [5.74, 6) is -1.25. The Morgan fingerprint density at radius 2 is 1.95 bits per heavy atom. The molecule has 2 rings (SSSR count). The summed E-state index contributed by atoms with van der Waals surface area (Å²) in [5.41, 5.74) is 0. The maximum absolute atomic E-state index is 12.3. The molecule has 1 aromatic heterocycles. The Labute approximate surface area is 127 Å². The third-order valence-electron chi connectivity index (χ3n) is 3.25. The lowest BCUT2D eigenvalue weighted by Gasteiger charge is -2.22. The first-order chi connectivity index (χ1) is 9.61. The van der Waals surface area contributed by atoms with E-state index in [2.05, 4.69) is 4.72 Å². The van der Waals surface area contributed by atoms with Crippen LogP contribution < -0.4 is 4.72 Å². The molecular weight excluding hydrogens is 338 g/mol. The lowest BCUT2D eigenvalue weighted by Crippen LogP contribution is -2.40. The third kappa shape index (κ3) is 3.82. The minimum atomic E-state index is -3.84. The van der Waals surface area contributed by atoms with E-state index >= 15 is 0 Å². The van der Waals surface area contributed by atoms with Crippen LogP contribution in [0.5, 0.6) is 0 Å². The van der Waals surface area contributed by atoms with Crippen molar-refractivity contribution in [2.24, 2.45) is 0 Å². The topological polar surface area (TPSA) is 118 Å². The molecule has 0 amide bonds. The van der Waals surface area contributed by atoms with Gasteiger partial charge in [-0.3, -0.25) is 0 Å². The Bertz CT molecular complexity index is 748. The van der Waals surface area contributed by atoms with Gasteiger partial charge in [0.1, 0.15) is 14.7 Å². The Balaban J connectivity index is 2.18. The highest BCUT2D eigenvalue weighted by Gasteiger charge is 2.29. The molecule has 0 aromatic carbocycles. The zero-order valence-electron chi connectivity index (χ0n) is 11.2. The zero-order valence-corrected chi connectivity index (χ0v) is 13.6. The fourth-order valence-electron chi connectivity index (χ4n) is 2.13. The molecule has 10 heteroatoms. The van der Waals surface area contributed by atoms with E-state index in [0.29, 0.717) is 4.88 Å². The Hall–Kier alpha value is -0.970. The molecular formula is C11H15NO6S3. The molecule has 118 valence electrons. The van der Waals surface area contributed by atoms with Crippen LogP contribution in [-0.4, -0.2) is 45.5 Å². The summed E-state index contributed by atoms with van der Waals surface area (Å²) in [6.45, 7) is 1.54. The van der Waals surface area contributed by atoms with Gasteiger partial charge in [0.25, 0.3) is 0 Å². The lowest BCUT2D eigenvalue weighted by molar-refractivity contribution is 0.0702. The summed E-state index contributed by atoms with van der Waals surface area (Å²) in [7, 11) is -6.90. The molecule has 21 heavy (non-hydrogen) atoms. The fraction of sp³-hybridized carbons (Fsp3) is 0.545. The van der Waals surface area contributed by atoms with E-state index in [1.165, 1.54) is 6.92 Å². The molecule has 0 radical (unpaired) electrons. The predicted molar refractivity (Wildman–Crippen MR) is 78.0 cm³/mol. The molecule has 1 fully saturated rings. The molecule has 1 aliphatic heterocycles. The average molecular weight is 353 g/mol. The molecule has 1 aliphatic rings. The standard InChI is InChI=1S/C11H15NO6S3/c1-7-10(6-9(19-7)11(13)14)21(17,18)12-8-2-4-20(15,16)5-3-8/h6,8,12H,2-5H2,1H3,(H,13,14). The van der Waals surface area contributed by atoms with Gasteiger partial charge in [-0.15, -0.1) is 11.3 Å². The first kappa shape index (κ1) is 16.4. The molecule has 0 atom stereocenters. The fourth-order valence-corrected chi connectivity index (χ4v) is 6.35. The van der Waals surface area contributed by atoms with Crippen molar-refractivity contribution in [3.63, 3.8) is 0 Å². The predicted octanol–water partition coefficient (Wildman–Crippen LogP) is 0.610. The van der Waals surface area contributed by atoms with Gasteiger partial charge in [0.2, 0.25) is 10.0 Å². The molecule has 0 spiro atoms. The number of nitrogens with one attached hydrogen (secondary N) is 1. The van der Waals surface area contributed by atoms with Crippen LogP contribution in [0.3, 0.4) is 0 Å². The third-order valence-corrected chi connectivity index (χ3v) is 7.78. The van der Waals surface area contributed by atoms with E-state index in [4.69, 9.17) is 5.11 Å². The number of aromatic carboxylic acids is 1. The second kappa shape index (κ2) is 5.67. The van der Waals surface area contributed by atoms with Crippen LogP contribution in [0.4, 0.5) is 0 Å². The van der Waals surface area contributed by atoms with Crippen molar-refractivity contribution in [3.8, 4) is 0 Å². The number of sulfonamides is 1. The highest BCUT2D eigenvalue weighted by Crippen LogP contribution is 2.26. The Morgan fingerprint density at radius 1 is 1.38 bits per heavy atom. The van der Waals surface area contributed by atoms with Crippen LogP contribution in [0.25, 0.3) is 0 Å². The van der Waals surface area contributed by atoms with Gasteiger partial charge >= 0.3 is 5.97 Å². The number of carbonyl (C=O) groups is 1. The van der Waals surface area contributed by atoms with Crippen LogP contribution in [0.2, 0.25) is 0 Å². The number of aryl methyl sites for hydroxylation is 1.